The zero-order valence-electron chi connectivity index (χ0n) is 8.71. The number of nitrogens with zero attached hydrogens (tertiary/aromatic N) is 1. The van der Waals surface area contributed by atoms with E-state index in [1.54, 1.807) is 32.0 Å². The number of nitriles is 1. The van der Waals surface area contributed by atoms with Crippen LogP contribution < -0.4 is 5.32 Å². The molecule has 0 atom stereocenters. The summed E-state index contributed by atoms with van der Waals surface area (Å²) in [5.41, 5.74) is 0.465. The molecule has 0 unspecified atom stereocenters. The normalized spacial score (nSPS) is 10.9. The van der Waals surface area contributed by atoms with E-state index in [0.29, 0.717) is 17.1 Å². The largest absolute Gasteiger partial charge is 0.389 e. The smallest absolute Gasteiger partial charge is 0.101 e. The van der Waals surface area contributed by atoms with Crippen LogP contribution in [0, 0.1) is 11.3 Å². The minimum absolute atomic E-state index is 0.415. The van der Waals surface area contributed by atoms with Crippen LogP contribution in [0.1, 0.15) is 19.4 Å². The zero-order chi connectivity index (χ0) is 11.5. The lowest BCUT2D eigenvalue weighted by Crippen LogP contribution is -2.29. The second-order valence-corrected chi connectivity index (χ2v) is 4.38. The molecule has 4 heteroatoms. The highest BCUT2D eigenvalue weighted by molar-refractivity contribution is 6.32. The summed E-state index contributed by atoms with van der Waals surface area (Å²) in [4.78, 5) is 0. The number of rotatable bonds is 3. The molecule has 0 aliphatic rings. The van der Waals surface area contributed by atoms with Gasteiger partial charge in [0.15, 0.2) is 0 Å². The summed E-state index contributed by atoms with van der Waals surface area (Å²) in [7, 11) is 0. The van der Waals surface area contributed by atoms with E-state index in [1.165, 1.54) is 0 Å². The van der Waals surface area contributed by atoms with Crippen LogP contribution in [0.5, 0.6) is 0 Å². The standard InChI is InChI=1S/C11H13ClN2O/c1-11(2,15)7-14-9-4-3-8(6-13)10(12)5-9/h3-5,14-15H,7H2,1-2H3. The van der Waals surface area contributed by atoms with Gasteiger partial charge in [-0.2, -0.15) is 5.26 Å². The third kappa shape index (κ3) is 3.78. The average molecular weight is 225 g/mol. The lowest BCUT2D eigenvalue weighted by atomic mass is 10.1. The molecule has 0 heterocycles. The number of halogens is 1. The van der Waals surface area contributed by atoms with Gasteiger partial charge in [-0.3, -0.25) is 0 Å². The third-order valence-corrected chi connectivity index (χ3v) is 2.13. The summed E-state index contributed by atoms with van der Waals surface area (Å²) in [6.45, 7) is 3.85. The number of hydrogen-bond donors (Lipinski definition) is 2. The SMILES string of the molecule is CC(C)(O)CNc1ccc(C#N)c(Cl)c1. The zero-order valence-corrected chi connectivity index (χ0v) is 9.47. The maximum atomic E-state index is 9.50. The van der Waals surface area contributed by atoms with E-state index in [1.807, 2.05) is 6.07 Å². The molecule has 2 N–H and O–H groups in total. The van der Waals surface area contributed by atoms with Gasteiger partial charge < -0.3 is 10.4 Å². The first-order valence-corrected chi connectivity index (χ1v) is 4.96. The van der Waals surface area contributed by atoms with Gasteiger partial charge in [-0.15, -0.1) is 0 Å². The summed E-state index contributed by atoms with van der Waals surface area (Å²) >= 11 is 5.85. The van der Waals surface area contributed by atoms with Crippen molar-refractivity contribution in [3.05, 3.63) is 28.8 Å². The van der Waals surface area contributed by atoms with Gasteiger partial charge in [0.2, 0.25) is 0 Å². The van der Waals surface area contributed by atoms with Gasteiger partial charge in [0.25, 0.3) is 0 Å². The van der Waals surface area contributed by atoms with Gasteiger partial charge in [-0.1, -0.05) is 11.6 Å². The molecule has 0 fully saturated rings. The molecule has 0 spiro atoms. The molecular formula is C11H13ClN2O. The van der Waals surface area contributed by atoms with Gasteiger partial charge in [0.05, 0.1) is 16.2 Å². The molecule has 0 aliphatic carbocycles. The Hall–Kier alpha value is -1.24. The second kappa shape index (κ2) is 4.52. The van der Waals surface area contributed by atoms with Crippen molar-refractivity contribution < 1.29 is 5.11 Å². The molecule has 0 aromatic heterocycles. The second-order valence-electron chi connectivity index (χ2n) is 3.97. The van der Waals surface area contributed by atoms with Gasteiger partial charge in [-0.05, 0) is 32.0 Å². The van der Waals surface area contributed by atoms with Crippen molar-refractivity contribution in [3.63, 3.8) is 0 Å². The van der Waals surface area contributed by atoms with Crippen LogP contribution in [-0.2, 0) is 0 Å². The van der Waals surface area contributed by atoms with Crippen LogP contribution in [0.3, 0.4) is 0 Å². The maximum absolute atomic E-state index is 9.50. The Kier molecular flexibility index (Phi) is 3.57. The van der Waals surface area contributed by atoms with E-state index in [4.69, 9.17) is 16.9 Å². The number of aliphatic hydroxyl groups is 1. The fourth-order valence-electron chi connectivity index (χ4n) is 1.03. The Bertz CT molecular complexity index is 391. The van der Waals surface area contributed by atoms with E-state index in [0.717, 1.165) is 5.69 Å². The first kappa shape index (κ1) is 11.8. The Morgan fingerprint density at radius 2 is 2.20 bits per heavy atom. The Morgan fingerprint density at radius 3 is 2.67 bits per heavy atom. The molecule has 0 aliphatic heterocycles. The van der Waals surface area contributed by atoms with E-state index >= 15 is 0 Å². The highest BCUT2D eigenvalue weighted by atomic mass is 35.5. The van der Waals surface area contributed by atoms with Crippen molar-refractivity contribution >= 4 is 17.3 Å². The summed E-state index contributed by atoms with van der Waals surface area (Å²) in [6, 6.07) is 7.07. The Balaban J connectivity index is 2.73. The van der Waals surface area contributed by atoms with Crippen molar-refractivity contribution in [1.82, 2.24) is 0 Å². The summed E-state index contributed by atoms with van der Waals surface area (Å²) < 4.78 is 0. The monoisotopic (exact) mass is 224 g/mol. The third-order valence-electron chi connectivity index (χ3n) is 1.81. The van der Waals surface area contributed by atoms with Crippen LogP contribution in [0.25, 0.3) is 0 Å². The number of benzene rings is 1. The van der Waals surface area contributed by atoms with Crippen LogP contribution >= 0.6 is 11.6 Å². The minimum atomic E-state index is -0.777. The quantitative estimate of drug-likeness (QED) is 0.829. The highest BCUT2D eigenvalue weighted by Gasteiger charge is 2.11. The van der Waals surface area contributed by atoms with E-state index in [9.17, 15) is 5.11 Å². The molecule has 80 valence electrons. The van der Waals surface area contributed by atoms with Crippen molar-refractivity contribution in [2.75, 3.05) is 11.9 Å². The van der Waals surface area contributed by atoms with Crippen LogP contribution in [0.2, 0.25) is 5.02 Å². The molecule has 0 saturated carbocycles. The van der Waals surface area contributed by atoms with E-state index in [-0.39, 0.29) is 0 Å². The number of nitrogens with one attached hydrogen (secondary N) is 1. The van der Waals surface area contributed by atoms with Gasteiger partial charge in [0, 0.05) is 12.2 Å². The predicted octanol–water partition coefficient (Wildman–Crippen LogP) is 2.39. The molecule has 1 aromatic rings. The molecule has 3 nitrogen and oxygen atoms in total. The van der Waals surface area contributed by atoms with Crippen molar-refractivity contribution in [1.29, 1.82) is 5.26 Å². The number of anilines is 1. The summed E-state index contributed by atoms with van der Waals surface area (Å²) in [6.07, 6.45) is 0. The van der Waals surface area contributed by atoms with Gasteiger partial charge >= 0.3 is 0 Å². The lowest BCUT2D eigenvalue weighted by molar-refractivity contribution is 0.0945. The topological polar surface area (TPSA) is 56.0 Å². The maximum Gasteiger partial charge on any atom is 0.101 e. The minimum Gasteiger partial charge on any atom is -0.389 e. The molecule has 1 aromatic carbocycles. The molecule has 1 rings (SSSR count). The predicted molar refractivity (Wildman–Crippen MR) is 61.0 cm³/mol. The molecule has 0 saturated heterocycles. The van der Waals surface area contributed by atoms with E-state index < -0.39 is 5.60 Å². The summed E-state index contributed by atoms with van der Waals surface area (Å²) in [5.74, 6) is 0. The molecule has 0 radical (unpaired) electrons. The van der Waals surface area contributed by atoms with Crippen molar-refractivity contribution in [2.45, 2.75) is 19.4 Å². The van der Waals surface area contributed by atoms with Gasteiger partial charge in [-0.25, -0.2) is 0 Å². The first-order valence-electron chi connectivity index (χ1n) is 4.58. The average Bonchev–Trinajstić information content (AvgIpc) is 2.14. The number of hydrogen-bond acceptors (Lipinski definition) is 3. The fraction of sp³-hybridized carbons (Fsp3) is 0.364. The van der Waals surface area contributed by atoms with Gasteiger partial charge in [0.1, 0.15) is 6.07 Å². The molecule has 15 heavy (non-hydrogen) atoms. The van der Waals surface area contributed by atoms with Crippen molar-refractivity contribution in [2.24, 2.45) is 0 Å². The lowest BCUT2D eigenvalue weighted by Gasteiger charge is -2.18. The first-order chi connectivity index (χ1) is 6.92. The highest BCUT2D eigenvalue weighted by Crippen LogP contribution is 2.20. The fourth-order valence-corrected chi connectivity index (χ4v) is 1.26. The molecule has 0 amide bonds. The van der Waals surface area contributed by atoms with Crippen LogP contribution in [0.4, 0.5) is 5.69 Å². The molecular weight excluding hydrogens is 212 g/mol. The Morgan fingerprint density at radius 1 is 1.53 bits per heavy atom. The van der Waals surface area contributed by atoms with Crippen LogP contribution in [-0.4, -0.2) is 17.3 Å². The van der Waals surface area contributed by atoms with Crippen molar-refractivity contribution in [3.8, 4) is 6.07 Å². The Labute approximate surface area is 94.3 Å². The van der Waals surface area contributed by atoms with E-state index in [2.05, 4.69) is 5.32 Å². The molecule has 0 bridgehead atoms. The van der Waals surface area contributed by atoms with Crippen LogP contribution in [0.15, 0.2) is 18.2 Å². The summed E-state index contributed by atoms with van der Waals surface area (Å²) in [5, 5.41) is 21.6.